The van der Waals surface area contributed by atoms with E-state index in [2.05, 4.69) is 5.32 Å². The zero-order chi connectivity index (χ0) is 17.5. The van der Waals surface area contributed by atoms with Crippen LogP contribution in [0.4, 0.5) is 8.78 Å². The van der Waals surface area contributed by atoms with Crippen molar-refractivity contribution in [1.82, 2.24) is 5.32 Å². The second-order valence-electron chi connectivity index (χ2n) is 4.92. The van der Waals surface area contributed by atoms with Crippen LogP contribution in [0.2, 0.25) is 0 Å². The van der Waals surface area contributed by atoms with Crippen molar-refractivity contribution in [1.29, 1.82) is 0 Å². The smallest absolute Gasteiger partial charge is 0.255 e. The lowest BCUT2D eigenvalue weighted by Crippen LogP contribution is -2.24. The summed E-state index contributed by atoms with van der Waals surface area (Å²) >= 11 is 0. The van der Waals surface area contributed by atoms with Crippen molar-refractivity contribution in [3.05, 3.63) is 59.2 Å². The summed E-state index contributed by atoms with van der Waals surface area (Å²) in [6.45, 7) is 0.365. The molecular weight excluding hydrogens is 318 g/mol. The summed E-state index contributed by atoms with van der Waals surface area (Å²) in [7, 11) is 1.49. The minimum atomic E-state index is -0.592. The van der Waals surface area contributed by atoms with E-state index in [-0.39, 0.29) is 30.8 Å². The molecule has 0 aliphatic carbocycles. The lowest BCUT2D eigenvalue weighted by Gasteiger charge is -2.13. The van der Waals surface area contributed by atoms with Crippen molar-refractivity contribution in [2.45, 2.75) is 6.54 Å². The third-order valence-electron chi connectivity index (χ3n) is 3.26. The molecule has 0 fully saturated rings. The van der Waals surface area contributed by atoms with Crippen LogP contribution in [0.1, 0.15) is 15.9 Å². The molecule has 0 bridgehead atoms. The van der Waals surface area contributed by atoms with Crippen LogP contribution >= 0.6 is 0 Å². The van der Waals surface area contributed by atoms with E-state index in [1.54, 1.807) is 12.1 Å². The van der Waals surface area contributed by atoms with E-state index >= 15 is 0 Å². The molecule has 0 radical (unpaired) electrons. The molecule has 0 saturated carbocycles. The van der Waals surface area contributed by atoms with E-state index in [0.29, 0.717) is 11.5 Å². The Balaban J connectivity index is 2.15. The van der Waals surface area contributed by atoms with Crippen molar-refractivity contribution < 1.29 is 23.0 Å². The van der Waals surface area contributed by atoms with Crippen LogP contribution in [-0.4, -0.2) is 26.2 Å². The summed E-state index contributed by atoms with van der Waals surface area (Å²) in [6.07, 6.45) is 0. The molecule has 5 nitrogen and oxygen atoms in total. The maximum atomic E-state index is 13.6. The van der Waals surface area contributed by atoms with Crippen molar-refractivity contribution in [2.24, 2.45) is 5.73 Å². The molecular formula is C17H18F2N2O3. The summed E-state index contributed by atoms with van der Waals surface area (Å²) in [5.41, 5.74) is 5.71. The fourth-order valence-corrected chi connectivity index (χ4v) is 2.06. The normalized spacial score (nSPS) is 10.3. The van der Waals surface area contributed by atoms with Gasteiger partial charge in [-0.3, -0.25) is 4.79 Å². The quantitative estimate of drug-likeness (QED) is 0.813. The number of hydrogen-bond donors (Lipinski definition) is 2. The van der Waals surface area contributed by atoms with E-state index in [4.69, 9.17) is 15.2 Å². The van der Waals surface area contributed by atoms with Gasteiger partial charge in [0.25, 0.3) is 5.91 Å². The van der Waals surface area contributed by atoms with Crippen LogP contribution < -0.4 is 20.5 Å². The lowest BCUT2D eigenvalue weighted by molar-refractivity contribution is 0.0946. The van der Waals surface area contributed by atoms with Crippen molar-refractivity contribution in [3.8, 4) is 11.5 Å². The highest BCUT2D eigenvalue weighted by molar-refractivity contribution is 5.97. The number of amides is 1. The molecule has 0 atom stereocenters. The van der Waals surface area contributed by atoms with Gasteiger partial charge in [-0.05, 0) is 30.3 Å². The summed E-state index contributed by atoms with van der Waals surface area (Å²) < 4.78 is 37.3. The Bertz CT molecular complexity index is 723. The molecule has 24 heavy (non-hydrogen) atoms. The molecule has 3 N–H and O–H groups in total. The van der Waals surface area contributed by atoms with Gasteiger partial charge in [-0.25, -0.2) is 8.78 Å². The zero-order valence-electron chi connectivity index (χ0n) is 13.1. The number of methoxy groups -OCH3 is 1. The number of rotatable bonds is 7. The highest BCUT2D eigenvalue weighted by Crippen LogP contribution is 2.25. The molecule has 128 valence electrons. The van der Waals surface area contributed by atoms with Crippen LogP contribution in [0.5, 0.6) is 11.5 Å². The molecule has 7 heteroatoms. The first-order valence-electron chi connectivity index (χ1n) is 7.28. The van der Waals surface area contributed by atoms with Crippen molar-refractivity contribution in [2.75, 3.05) is 20.3 Å². The van der Waals surface area contributed by atoms with Crippen LogP contribution in [0.3, 0.4) is 0 Å². The molecule has 0 unspecified atom stereocenters. The van der Waals surface area contributed by atoms with Gasteiger partial charge in [-0.1, -0.05) is 0 Å². The van der Waals surface area contributed by atoms with Crippen LogP contribution in [0.15, 0.2) is 36.4 Å². The number of nitrogens with one attached hydrogen (secondary N) is 1. The summed E-state index contributed by atoms with van der Waals surface area (Å²) in [4.78, 5) is 12.3. The average Bonchev–Trinajstić information content (AvgIpc) is 2.60. The highest BCUT2D eigenvalue weighted by Gasteiger charge is 2.14. The summed E-state index contributed by atoms with van der Waals surface area (Å²) in [5, 5.41) is 2.54. The summed E-state index contributed by atoms with van der Waals surface area (Å²) in [6, 6.07) is 7.76. The first-order valence-corrected chi connectivity index (χ1v) is 7.28. The van der Waals surface area contributed by atoms with E-state index in [9.17, 15) is 13.6 Å². The third kappa shape index (κ3) is 4.42. The van der Waals surface area contributed by atoms with Gasteiger partial charge >= 0.3 is 0 Å². The van der Waals surface area contributed by atoms with Crippen LogP contribution in [0.25, 0.3) is 0 Å². The van der Waals surface area contributed by atoms with E-state index in [1.807, 2.05) is 0 Å². The highest BCUT2D eigenvalue weighted by atomic mass is 19.1. The number of carbonyl (C=O) groups is 1. The van der Waals surface area contributed by atoms with Gasteiger partial charge in [0, 0.05) is 24.7 Å². The minimum absolute atomic E-state index is 0.0567. The fourth-order valence-electron chi connectivity index (χ4n) is 2.06. The summed E-state index contributed by atoms with van der Waals surface area (Å²) in [5.74, 6) is -0.816. The van der Waals surface area contributed by atoms with Crippen LogP contribution in [0, 0.1) is 11.6 Å². The van der Waals surface area contributed by atoms with E-state index in [1.165, 1.54) is 13.2 Å². The average molecular weight is 336 g/mol. The van der Waals surface area contributed by atoms with Gasteiger partial charge in [0.2, 0.25) is 0 Å². The minimum Gasteiger partial charge on any atom is -0.497 e. The van der Waals surface area contributed by atoms with Gasteiger partial charge in [0.05, 0.1) is 12.7 Å². The molecule has 0 aromatic heterocycles. The molecule has 0 heterocycles. The fraction of sp³-hybridized carbons (Fsp3) is 0.235. The maximum absolute atomic E-state index is 13.6. The first-order chi connectivity index (χ1) is 11.5. The lowest BCUT2D eigenvalue weighted by atomic mass is 10.1. The Morgan fingerprint density at radius 1 is 1.21 bits per heavy atom. The number of ether oxygens (including phenoxy) is 2. The standard InChI is InChI=1S/C17H18F2N2O3/c1-23-13-3-4-14(16(9-13)24-7-6-20)17(22)21-10-11-8-12(18)2-5-15(11)19/h2-5,8-9H,6-7,10,20H2,1H3,(H,21,22). The Labute approximate surface area is 138 Å². The molecule has 0 spiro atoms. The number of nitrogens with two attached hydrogens (primary N) is 1. The number of carbonyl (C=O) groups excluding carboxylic acids is 1. The Morgan fingerprint density at radius 2 is 2.00 bits per heavy atom. The number of halogens is 2. The SMILES string of the molecule is COc1ccc(C(=O)NCc2cc(F)ccc2F)c(OCCN)c1. The van der Waals surface area contributed by atoms with Gasteiger partial charge in [0.1, 0.15) is 29.7 Å². The van der Waals surface area contributed by atoms with Gasteiger partial charge in [-0.15, -0.1) is 0 Å². The second kappa shape index (κ2) is 8.26. The molecule has 0 aliphatic rings. The monoisotopic (exact) mass is 336 g/mol. The first kappa shape index (κ1) is 17.7. The van der Waals surface area contributed by atoms with Gasteiger partial charge < -0.3 is 20.5 Å². The zero-order valence-corrected chi connectivity index (χ0v) is 13.1. The topological polar surface area (TPSA) is 73.6 Å². The Hall–Kier alpha value is -2.67. The van der Waals surface area contributed by atoms with E-state index in [0.717, 1.165) is 18.2 Å². The molecule has 1 amide bonds. The van der Waals surface area contributed by atoms with Gasteiger partial charge in [0.15, 0.2) is 0 Å². The van der Waals surface area contributed by atoms with Gasteiger partial charge in [-0.2, -0.15) is 0 Å². The molecule has 0 aliphatic heterocycles. The number of benzene rings is 2. The second-order valence-corrected chi connectivity index (χ2v) is 4.92. The predicted octanol–water partition coefficient (Wildman–Crippen LogP) is 2.24. The Morgan fingerprint density at radius 3 is 2.71 bits per heavy atom. The van der Waals surface area contributed by atoms with E-state index < -0.39 is 17.5 Å². The molecule has 2 aromatic carbocycles. The molecule has 2 aromatic rings. The van der Waals surface area contributed by atoms with Crippen molar-refractivity contribution in [3.63, 3.8) is 0 Å². The molecule has 2 rings (SSSR count). The predicted molar refractivity (Wildman–Crippen MR) is 85.1 cm³/mol. The maximum Gasteiger partial charge on any atom is 0.255 e. The van der Waals surface area contributed by atoms with Crippen molar-refractivity contribution >= 4 is 5.91 Å². The number of hydrogen-bond acceptors (Lipinski definition) is 4. The largest absolute Gasteiger partial charge is 0.497 e. The molecule has 0 saturated heterocycles. The third-order valence-corrected chi connectivity index (χ3v) is 3.26. The van der Waals surface area contributed by atoms with Crippen LogP contribution in [-0.2, 0) is 6.54 Å². The Kier molecular flexibility index (Phi) is 6.08.